The molecule has 1 aliphatic carbocycles. The fraction of sp³-hybridized carbons (Fsp3) is 0.182. The van der Waals surface area contributed by atoms with Crippen molar-refractivity contribution in [3.8, 4) is 11.1 Å². The molecule has 0 saturated heterocycles. The van der Waals surface area contributed by atoms with E-state index in [1.165, 1.54) is 33.0 Å². The summed E-state index contributed by atoms with van der Waals surface area (Å²) in [6.07, 6.45) is 2.45. The van der Waals surface area contributed by atoms with Gasteiger partial charge in [-0.25, -0.2) is 0 Å². The first-order valence-electron chi connectivity index (χ1n) is 8.20. The van der Waals surface area contributed by atoms with Crippen LogP contribution in [0.1, 0.15) is 28.6 Å². The minimum atomic E-state index is 0. The van der Waals surface area contributed by atoms with Gasteiger partial charge in [-0.3, -0.25) is 0 Å². The quantitative estimate of drug-likeness (QED) is 0.397. The maximum atomic E-state index is 2.45. The van der Waals surface area contributed by atoms with Gasteiger partial charge in [-0.2, -0.15) is 0 Å². The molecule has 1 unspecified atom stereocenters. The second-order valence-electron chi connectivity index (χ2n) is 6.57. The molecular formula is C22H21Cl2Zr. The van der Waals surface area contributed by atoms with E-state index < -0.39 is 0 Å². The Kier molecular flexibility index (Phi) is 6.71. The molecule has 0 amide bonds. The Hall–Kier alpha value is -0.877. The van der Waals surface area contributed by atoms with Crippen LogP contribution in [0.15, 0.2) is 66.2 Å². The van der Waals surface area contributed by atoms with Crippen LogP contribution in [0.5, 0.6) is 0 Å². The second-order valence-corrected chi connectivity index (χ2v) is 7.99. The number of fused-ring (bicyclic) bond motifs is 2. The van der Waals surface area contributed by atoms with E-state index in [9.17, 15) is 0 Å². The maximum Gasteiger partial charge on any atom is -0.147 e. The van der Waals surface area contributed by atoms with Crippen molar-refractivity contribution in [1.82, 2.24) is 0 Å². The second kappa shape index (κ2) is 8.21. The zero-order valence-corrected chi connectivity index (χ0v) is 18.4. The molecular weight excluding hydrogens is 426 g/mol. The van der Waals surface area contributed by atoms with Crippen molar-refractivity contribution in [2.75, 3.05) is 0 Å². The summed E-state index contributed by atoms with van der Waals surface area (Å²) in [5.74, 6) is 0.618. The molecule has 0 N–H and O–H groups in total. The largest absolute Gasteiger partial charge is 0.147 e. The third-order valence-electron chi connectivity index (χ3n) is 4.84. The first-order valence-corrected chi connectivity index (χ1v) is 9.62. The van der Waals surface area contributed by atoms with Gasteiger partial charge >= 0.3 is 153 Å². The maximum absolute atomic E-state index is 2.45. The van der Waals surface area contributed by atoms with Crippen molar-refractivity contribution in [3.05, 3.63) is 77.4 Å². The van der Waals surface area contributed by atoms with Crippen molar-refractivity contribution >= 4 is 41.7 Å². The van der Waals surface area contributed by atoms with Crippen molar-refractivity contribution < 1.29 is 24.7 Å². The smallest absolute Gasteiger partial charge is 0.147 e. The van der Waals surface area contributed by atoms with Crippen LogP contribution in [0.25, 0.3) is 28.0 Å². The number of hydrogen-bond donors (Lipinski definition) is 0. The predicted octanol–water partition coefficient (Wildman–Crippen LogP) is 6.99. The molecule has 0 nitrogen and oxygen atoms in total. The van der Waals surface area contributed by atoms with Crippen LogP contribution >= 0.6 is 24.8 Å². The number of rotatable bonds is 2. The Morgan fingerprint density at radius 1 is 0.800 bits per heavy atom. The average molecular weight is 448 g/mol. The first kappa shape index (κ1) is 20.4. The van der Waals surface area contributed by atoms with Gasteiger partial charge in [-0.1, -0.05) is 0 Å². The van der Waals surface area contributed by atoms with E-state index in [2.05, 4.69) is 80.6 Å². The zero-order chi connectivity index (χ0) is 16.0. The summed E-state index contributed by atoms with van der Waals surface area (Å²) in [5.41, 5.74) is 7.27. The molecule has 1 aliphatic rings. The zero-order valence-electron chi connectivity index (χ0n) is 14.3. The minimum Gasteiger partial charge on any atom is -0.147 e. The Morgan fingerprint density at radius 3 is 2.20 bits per heavy atom. The van der Waals surface area contributed by atoms with Crippen LogP contribution in [0.3, 0.4) is 0 Å². The summed E-state index contributed by atoms with van der Waals surface area (Å²) in [4.78, 5) is 0. The molecule has 0 spiro atoms. The molecule has 1 atom stereocenters. The molecule has 0 aliphatic heterocycles. The van der Waals surface area contributed by atoms with Gasteiger partial charge in [0.15, 0.2) is 0 Å². The van der Waals surface area contributed by atoms with E-state index in [0.29, 0.717) is 9.54 Å². The normalized spacial score (nSPS) is 15.3. The third kappa shape index (κ3) is 3.52. The molecule has 0 fully saturated rings. The molecule has 0 heterocycles. The van der Waals surface area contributed by atoms with E-state index in [4.69, 9.17) is 0 Å². The summed E-state index contributed by atoms with van der Waals surface area (Å²) in [6, 6.07) is 22.1. The van der Waals surface area contributed by atoms with Crippen LogP contribution in [0.4, 0.5) is 0 Å². The molecule has 0 radical (unpaired) electrons. The summed E-state index contributed by atoms with van der Waals surface area (Å²) in [7, 11) is 0. The molecule has 0 bridgehead atoms. The van der Waals surface area contributed by atoms with Crippen LogP contribution in [0, 0.1) is 5.92 Å². The average Bonchev–Trinajstić information content (AvgIpc) is 2.92. The van der Waals surface area contributed by atoms with Crippen LogP contribution in [-0.4, -0.2) is 0 Å². The Bertz CT molecular complexity index is 923. The van der Waals surface area contributed by atoms with Crippen LogP contribution < -0.4 is 0 Å². The van der Waals surface area contributed by atoms with Crippen molar-refractivity contribution in [2.45, 2.75) is 17.5 Å². The fourth-order valence-electron chi connectivity index (χ4n) is 3.62. The van der Waals surface area contributed by atoms with E-state index in [1.807, 2.05) is 0 Å². The summed E-state index contributed by atoms with van der Waals surface area (Å²) >= 11 is 1.59. The van der Waals surface area contributed by atoms with Gasteiger partial charge in [0.05, 0.1) is 0 Å². The van der Waals surface area contributed by atoms with Gasteiger partial charge in [0.25, 0.3) is 0 Å². The molecule has 3 heteroatoms. The first-order chi connectivity index (χ1) is 11.2. The molecule has 3 aromatic carbocycles. The van der Waals surface area contributed by atoms with E-state index in [-0.39, 0.29) is 24.8 Å². The Labute approximate surface area is 177 Å². The number of allylic oxidation sites excluding steroid dienone is 1. The molecule has 0 saturated carbocycles. The van der Waals surface area contributed by atoms with Crippen molar-refractivity contribution in [1.29, 1.82) is 0 Å². The Balaban J connectivity index is 0.00000113. The van der Waals surface area contributed by atoms with E-state index >= 15 is 0 Å². The SMILES string of the molecule is CC(C)C1=Cc2c(-c3cccc4ccccc34)cccc2[CH]1[Zr].Cl.Cl. The topological polar surface area (TPSA) is 0 Å². The molecule has 3 aromatic rings. The minimum absolute atomic E-state index is 0. The summed E-state index contributed by atoms with van der Waals surface area (Å²) in [5, 5.41) is 2.66. The third-order valence-corrected chi connectivity index (χ3v) is 6.43. The van der Waals surface area contributed by atoms with Crippen LogP contribution in [0.2, 0.25) is 0 Å². The monoisotopic (exact) mass is 445 g/mol. The van der Waals surface area contributed by atoms with Gasteiger partial charge in [-0.05, 0) is 0 Å². The van der Waals surface area contributed by atoms with Gasteiger partial charge in [-0.15, -0.1) is 24.8 Å². The van der Waals surface area contributed by atoms with Crippen molar-refractivity contribution in [2.24, 2.45) is 5.92 Å². The summed E-state index contributed by atoms with van der Waals surface area (Å²) in [6.45, 7) is 4.62. The van der Waals surface area contributed by atoms with E-state index in [1.54, 1.807) is 30.3 Å². The number of halogens is 2. The Morgan fingerprint density at radius 2 is 1.44 bits per heavy atom. The van der Waals surface area contributed by atoms with Gasteiger partial charge < -0.3 is 0 Å². The number of hydrogen-bond acceptors (Lipinski definition) is 0. The van der Waals surface area contributed by atoms with Gasteiger partial charge in [0.1, 0.15) is 0 Å². The van der Waals surface area contributed by atoms with Gasteiger partial charge in [0, 0.05) is 0 Å². The standard InChI is InChI=1S/C22H19.2ClH.Zr/c1-15(2)18-13-17-9-6-12-21(22(17)14-18)20-11-5-8-16-7-3-4-10-19(16)20;;;/h3-15H,1-2H3;2*1H;. The van der Waals surface area contributed by atoms with Gasteiger partial charge in [0.2, 0.25) is 0 Å². The summed E-state index contributed by atoms with van der Waals surface area (Å²) < 4.78 is 0.618. The molecule has 25 heavy (non-hydrogen) atoms. The predicted molar refractivity (Wildman–Crippen MR) is 109 cm³/mol. The van der Waals surface area contributed by atoms with Crippen LogP contribution in [-0.2, 0) is 24.7 Å². The molecule has 0 aromatic heterocycles. The van der Waals surface area contributed by atoms with E-state index in [0.717, 1.165) is 0 Å². The number of benzene rings is 3. The fourth-order valence-corrected chi connectivity index (χ4v) is 5.26. The van der Waals surface area contributed by atoms with Crippen molar-refractivity contribution in [3.63, 3.8) is 0 Å². The molecule has 127 valence electrons. The molecule has 4 rings (SSSR count).